The highest BCUT2D eigenvalue weighted by atomic mass is 16.2. The molecule has 1 aliphatic heterocycles. The second kappa shape index (κ2) is 6.93. The number of carbonyl (C=O) groups is 1. The number of carbonyl (C=O) groups excluding carboxylic acids is 1. The maximum absolute atomic E-state index is 12.6. The van der Waals surface area contributed by atoms with Gasteiger partial charge >= 0.3 is 0 Å². The van der Waals surface area contributed by atoms with Crippen LogP contribution in [0.25, 0.3) is 0 Å². The fourth-order valence-electron chi connectivity index (χ4n) is 4.04. The molecule has 0 spiro atoms. The first-order valence-electron chi connectivity index (χ1n) is 8.52. The van der Waals surface area contributed by atoms with E-state index >= 15 is 0 Å². The van der Waals surface area contributed by atoms with Gasteiger partial charge in [-0.25, -0.2) is 0 Å². The fraction of sp³-hybridized carbons (Fsp3) is 0.941. The molecule has 0 aromatic rings. The average molecular weight is 280 g/mol. The molecular weight excluding hydrogens is 248 g/mol. The molecule has 0 aromatic heterocycles. The molecule has 2 fully saturated rings. The van der Waals surface area contributed by atoms with Crippen molar-refractivity contribution in [2.75, 3.05) is 6.54 Å². The van der Waals surface area contributed by atoms with Crippen LogP contribution in [0.4, 0.5) is 0 Å². The van der Waals surface area contributed by atoms with E-state index in [1.165, 1.54) is 25.7 Å². The highest BCUT2D eigenvalue weighted by Crippen LogP contribution is 2.33. The molecule has 3 heteroatoms. The van der Waals surface area contributed by atoms with Gasteiger partial charge in [0.25, 0.3) is 0 Å². The van der Waals surface area contributed by atoms with Gasteiger partial charge in [-0.05, 0) is 55.9 Å². The lowest BCUT2D eigenvalue weighted by Gasteiger charge is -2.39. The first-order chi connectivity index (χ1) is 9.49. The minimum Gasteiger partial charge on any atom is -0.352 e. The first-order valence-corrected chi connectivity index (χ1v) is 8.52. The number of piperidine rings is 1. The van der Waals surface area contributed by atoms with E-state index in [9.17, 15) is 4.79 Å². The smallest absolute Gasteiger partial charge is 0.237 e. The van der Waals surface area contributed by atoms with Crippen molar-refractivity contribution in [2.24, 2.45) is 23.7 Å². The maximum Gasteiger partial charge on any atom is 0.237 e. The Morgan fingerprint density at radius 1 is 1.20 bits per heavy atom. The number of nitrogens with one attached hydrogen (secondary N) is 2. The molecule has 1 amide bonds. The Hall–Kier alpha value is -0.570. The van der Waals surface area contributed by atoms with Gasteiger partial charge in [0.05, 0.1) is 6.04 Å². The summed E-state index contributed by atoms with van der Waals surface area (Å²) in [5.41, 5.74) is 0. The molecule has 2 N–H and O–H groups in total. The molecule has 1 saturated heterocycles. The van der Waals surface area contributed by atoms with Crippen LogP contribution in [0.5, 0.6) is 0 Å². The summed E-state index contributed by atoms with van der Waals surface area (Å²) in [6.45, 7) is 10.1. The minimum absolute atomic E-state index is 0.0220. The Labute approximate surface area is 124 Å². The number of hydrogen-bond acceptors (Lipinski definition) is 2. The summed E-state index contributed by atoms with van der Waals surface area (Å²) in [7, 11) is 0. The fourth-order valence-corrected chi connectivity index (χ4v) is 4.04. The topological polar surface area (TPSA) is 41.1 Å². The third-order valence-corrected chi connectivity index (χ3v) is 5.40. The quantitative estimate of drug-likeness (QED) is 0.834. The third-order valence-electron chi connectivity index (χ3n) is 5.40. The van der Waals surface area contributed by atoms with Crippen LogP contribution in [-0.4, -0.2) is 24.5 Å². The zero-order valence-corrected chi connectivity index (χ0v) is 13.6. The Balaban J connectivity index is 1.96. The van der Waals surface area contributed by atoms with Crippen molar-refractivity contribution >= 4 is 5.91 Å². The van der Waals surface area contributed by atoms with Crippen LogP contribution < -0.4 is 10.6 Å². The minimum atomic E-state index is 0.0220. The zero-order chi connectivity index (χ0) is 14.7. The van der Waals surface area contributed by atoms with Crippen LogP contribution in [0.3, 0.4) is 0 Å². The molecule has 2 rings (SSSR count). The molecule has 5 unspecified atom stereocenters. The number of rotatable bonds is 3. The van der Waals surface area contributed by atoms with Gasteiger partial charge < -0.3 is 10.6 Å². The second-order valence-corrected chi connectivity index (χ2v) is 7.49. The van der Waals surface area contributed by atoms with Gasteiger partial charge in [-0.3, -0.25) is 4.79 Å². The predicted molar refractivity (Wildman–Crippen MR) is 83.5 cm³/mol. The van der Waals surface area contributed by atoms with Crippen molar-refractivity contribution in [3.63, 3.8) is 0 Å². The molecule has 0 aromatic carbocycles. The second-order valence-electron chi connectivity index (χ2n) is 7.49. The van der Waals surface area contributed by atoms with E-state index in [4.69, 9.17) is 0 Å². The van der Waals surface area contributed by atoms with Gasteiger partial charge in [0.15, 0.2) is 0 Å². The van der Waals surface area contributed by atoms with Crippen LogP contribution in [0, 0.1) is 23.7 Å². The largest absolute Gasteiger partial charge is 0.352 e. The van der Waals surface area contributed by atoms with Gasteiger partial charge in [0.1, 0.15) is 0 Å². The summed E-state index contributed by atoms with van der Waals surface area (Å²) < 4.78 is 0. The van der Waals surface area contributed by atoms with E-state index in [0.29, 0.717) is 23.8 Å². The van der Waals surface area contributed by atoms with Crippen LogP contribution in [-0.2, 0) is 4.79 Å². The number of amides is 1. The molecule has 1 saturated carbocycles. The van der Waals surface area contributed by atoms with Crippen molar-refractivity contribution in [1.29, 1.82) is 0 Å². The average Bonchev–Trinajstić information content (AvgIpc) is 2.38. The molecule has 1 aliphatic carbocycles. The zero-order valence-electron chi connectivity index (χ0n) is 13.6. The van der Waals surface area contributed by atoms with E-state index in [1.807, 2.05) is 0 Å². The summed E-state index contributed by atoms with van der Waals surface area (Å²) in [5.74, 6) is 2.75. The van der Waals surface area contributed by atoms with E-state index in [0.717, 1.165) is 18.9 Å². The van der Waals surface area contributed by atoms with Crippen molar-refractivity contribution in [3.8, 4) is 0 Å². The summed E-state index contributed by atoms with van der Waals surface area (Å²) in [4.78, 5) is 12.6. The molecule has 0 bridgehead atoms. The molecule has 2 aliphatic rings. The summed E-state index contributed by atoms with van der Waals surface area (Å²) >= 11 is 0. The molecule has 116 valence electrons. The molecule has 20 heavy (non-hydrogen) atoms. The highest BCUT2D eigenvalue weighted by Gasteiger charge is 2.34. The van der Waals surface area contributed by atoms with E-state index < -0.39 is 0 Å². The monoisotopic (exact) mass is 280 g/mol. The van der Waals surface area contributed by atoms with Crippen LogP contribution in [0.1, 0.15) is 59.8 Å². The SMILES string of the molecule is CC1CCC(C(C)C)C(NC(=O)C2NCCCC2C)C1. The standard InChI is InChI=1S/C17H32N2O/c1-11(2)14-8-7-12(3)10-15(14)19-17(20)16-13(4)6-5-9-18-16/h11-16,18H,5-10H2,1-4H3,(H,19,20). The Morgan fingerprint density at radius 3 is 2.60 bits per heavy atom. The molecule has 5 atom stereocenters. The molecule has 3 nitrogen and oxygen atoms in total. The summed E-state index contributed by atoms with van der Waals surface area (Å²) in [6.07, 6.45) is 6.08. The van der Waals surface area contributed by atoms with Crippen LogP contribution in [0.15, 0.2) is 0 Å². The number of hydrogen-bond donors (Lipinski definition) is 2. The highest BCUT2D eigenvalue weighted by molar-refractivity contribution is 5.82. The van der Waals surface area contributed by atoms with Crippen LogP contribution >= 0.6 is 0 Å². The van der Waals surface area contributed by atoms with Crippen LogP contribution in [0.2, 0.25) is 0 Å². The van der Waals surface area contributed by atoms with Gasteiger partial charge in [0, 0.05) is 6.04 Å². The van der Waals surface area contributed by atoms with Gasteiger partial charge in [-0.15, -0.1) is 0 Å². The lowest BCUT2D eigenvalue weighted by molar-refractivity contribution is -0.126. The lowest BCUT2D eigenvalue weighted by Crippen LogP contribution is -2.55. The maximum atomic E-state index is 12.6. The van der Waals surface area contributed by atoms with Crippen molar-refractivity contribution in [2.45, 2.75) is 71.9 Å². The van der Waals surface area contributed by atoms with E-state index in [1.54, 1.807) is 0 Å². The van der Waals surface area contributed by atoms with E-state index in [-0.39, 0.29) is 11.9 Å². The molecule has 0 radical (unpaired) electrons. The van der Waals surface area contributed by atoms with Crippen molar-refractivity contribution in [3.05, 3.63) is 0 Å². The molecule has 1 heterocycles. The van der Waals surface area contributed by atoms with E-state index in [2.05, 4.69) is 38.3 Å². The van der Waals surface area contributed by atoms with Crippen molar-refractivity contribution in [1.82, 2.24) is 10.6 Å². The third kappa shape index (κ3) is 3.75. The predicted octanol–water partition coefficient (Wildman–Crippen LogP) is 2.95. The summed E-state index contributed by atoms with van der Waals surface area (Å²) in [6, 6.07) is 0.399. The Morgan fingerprint density at radius 2 is 1.95 bits per heavy atom. The Bertz CT molecular complexity index is 329. The van der Waals surface area contributed by atoms with Gasteiger partial charge in [-0.2, -0.15) is 0 Å². The van der Waals surface area contributed by atoms with Crippen molar-refractivity contribution < 1.29 is 4.79 Å². The summed E-state index contributed by atoms with van der Waals surface area (Å²) in [5, 5.41) is 6.78. The van der Waals surface area contributed by atoms with Gasteiger partial charge in [-0.1, -0.05) is 34.1 Å². The van der Waals surface area contributed by atoms with Gasteiger partial charge in [0.2, 0.25) is 5.91 Å². The lowest BCUT2D eigenvalue weighted by atomic mass is 9.74. The first kappa shape index (κ1) is 15.8. The normalized spacial score (nSPS) is 38.8. The Kier molecular flexibility index (Phi) is 5.48. The molecular formula is C17H32N2O.